The fourth-order valence-electron chi connectivity index (χ4n) is 1.38. The van der Waals surface area contributed by atoms with Gasteiger partial charge in [-0.15, -0.1) is 0 Å². The van der Waals surface area contributed by atoms with Gasteiger partial charge in [0.2, 0.25) is 0 Å². The molecule has 1 N–H and O–H groups in total. The third kappa shape index (κ3) is 2.06. The first-order chi connectivity index (χ1) is 7.68. The van der Waals surface area contributed by atoms with Crippen LogP contribution >= 0.6 is 11.6 Å². The monoisotopic (exact) mass is 237 g/mol. The number of carboxylic acid groups (broad SMARTS) is 1. The SMILES string of the molecule is O=C(O)c1conc1Cc1ccccc1Cl. The number of halogens is 1. The molecule has 0 fully saturated rings. The summed E-state index contributed by atoms with van der Waals surface area (Å²) in [4.78, 5) is 10.8. The predicted molar refractivity (Wildman–Crippen MR) is 57.7 cm³/mol. The summed E-state index contributed by atoms with van der Waals surface area (Å²) in [7, 11) is 0. The van der Waals surface area contributed by atoms with Crippen LogP contribution in [0.4, 0.5) is 0 Å². The number of hydrogen-bond donors (Lipinski definition) is 1. The van der Waals surface area contributed by atoms with E-state index in [4.69, 9.17) is 16.7 Å². The van der Waals surface area contributed by atoms with Crippen LogP contribution in [0.25, 0.3) is 0 Å². The van der Waals surface area contributed by atoms with Gasteiger partial charge in [0.25, 0.3) is 0 Å². The molecule has 2 rings (SSSR count). The van der Waals surface area contributed by atoms with Gasteiger partial charge in [-0.2, -0.15) is 0 Å². The van der Waals surface area contributed by atoms with E-state index in [0.717, 1.165) is 11.8 Å². The quantitative estimate of drug-likeness (QED) is 0.891. The highest BCUT2D eigenvalue weighted by molar-refractivity contribution is 6.31. The Bertz CT molecular complexity index is 521. The maximum atomic E-state index is 10.8. The number of aromatic nitrogens is 1. The highest BCUT2D eigenvalue weighted by atomic mass is 35.5. The summed E-state index contributed by atoms with van der Waals surface area (Å²) in [5.74, 6) is -1.05. The van der Waals surface area contributed by atoms with E-state index in [1.165, 1.54) is 0 Å². The van der Waals surface area contributed by atoms with Crippen molar-refractivity contribution in [2.75, 3.05) is 0 Å². The second-order valence-corrected chi connectivity index (χ2v) is 3.66. The smallest absolute Gasteiger partial charge is 0.340 e. The molecule has 0 unspecified atom stereocenters. The van der Waals surface area contributed by atoms with Crippen LogP contribution in [-0.4, -0.2) is 16.2 Å². The maximum Gasteiger partial charge on any atom is 0.340 e. The van der Waals surface area contributed by atoms with E-state index in [2.05, 4.69) is 9.68 Å². The van der Waals surface area contributed by atoms with Gasteiger partial charge in [-0.05, 0) is 11.6 Å². The molecule has 5 heteroatoms. The van der Waals surface area contributed by atoms with Gasteiger partial charge in [-0.25, -0.2) is 4.79 Å². The number of carbonyl (C=O) groups is 1. The van der Waals surface area contributed by atoms with Crippen molar-refractivity contribution in [3.63, 3.8) is 0 Å². The van der Waals surface area contributed by atoms with Crippen LogP contribution < -0.4 is 0 Å². The molecule has 82 valence electrons. The van der Waals surface area contributed by atoms with E-state index in [1.54, 1.807) is 6.07 Å². The second-order valence-electron chi connectivity index (χ2n) is 3.25. The van der Waals surface area contributed by atoms with Crippen LogP contribution in [0.1, 0.15) is 21.6 Å². The molecule has 0 saturated carbocycles. The standard InChI is InChI=1S/C11H8ClNO3/c12-9-4-2-1-3-7(9)5-10-8(11(14)15)6-16-13-10/h1-4,6H,5H2,(H,14,15). The minimum atomic E-state index is -1.05. The molecule has 0 spiro atoms. The Morgan fingerprint density at radius 3 is 2.88 bits per heavy atom. The lowest BCUT2D eigenvalue weighted by Crippen LogP contribution is -2.01. The first-order valence-electron chi connectivity index (χ1n) is 4.58. The summed E-state index contributed by atoms with van der Waals surface area (Å²) in [5.41, 5.74) is 1.26. The van der Waals surface area contributed by atoms with Gasteiger partial charge in [-0.3, -0.25) is 0 Å². The molecule has 0 atom stereocenters. The number of hydrogen-bond acceptors (Lipinski definition) is 3. The summed E-state index contributed by atoms with van der Waals surface area (Å²) in [6.07, 6.45) is 1.46. The Morgan fingerprint density at radius 2 is 2.19 bits per heavy atom. The van der Waals surface area contributed by atoms with Crippen molar-refractivity contribution in [1.29, 1.82) is 0 Å². The van der Waals surface area contributed by atoms with Crippen molar-refractivity contribution in [3.05, 3.63) is 52.4 Å². The fraction of sp³-hybridized carbons (Fsp3) is 0.0909. The third-order valence-electron chi connectivity index (χ3n) is 2.19. The normalized spacial score (nSPS) is 10.3. The maximum absolute atomic E-state index is 10.8. The van der Waals surface area contributed by atoms with E-state index < -0.39 is 5.97 Å². The van der Waals surface area contributed by atoms with Crippen LogP contribution in [0, 0.1) is 0 Å². The Hall–Kier alpha value is -1.81. The molecule has 0 aliphatic heterocycles. The molecule has 16 heavy (non-hydrogen) atoms. The molecule has 0 aliphatic carbocycles. The molecular weight excluding hydrogens is 230 g/mol. The van der Waals surface area contributed by atoms with Crippen LogP contribution in [0.5, 0.6) is 0 Å². The molecule has 4 nitrogen and oxygen atoms in total. The molecule has 0 radical (unpaired) electrons. The van der Waals surface area contributed by atoms with Gasteiger partial charge in [0.15, 0.2) is 0 Å². The van der Waals surface area contributed by atoms with Crippen molar-refractivity contribution < 1.29 is 14.4 Å². The summed E-state index contributed by atoms with van der Waals surface area (Å²) >= 11 is 5.97. The first-order valence-corrected chi connectivity index (χ1v) is 4.96. The van der Waals surface area contributed by atoms with Crippen LogP contribution in [0.3, 0.4) is 0 Å². The minimum absolute atomic E-state index is 0.0694. The lowest BCUT2D eigenvalue weighted by Gasteiger charge is -2.01. The highest BCUT2D eigenvalue weighted by Gasteiger charge is 2.15. The molecule has 0 bridgehead atoms. The van der Waals surface area contributed by atoms with Gasteiger partial charge in [0.1, 0.15) is 17.5 Å². The van der Waals surface area contributed by atoms with Crippen molar-refractivity contribution in [2.45, 2.75) is 6.42 Å². The van der Waals surface area contributed by atoms with E-state index in [9.17, 15) is 4.79 Å². The fourth-order valence-corrected chi connectivity index (χ4v) is 1.59. The molecule has 0 aliphatic rings. The third-order valence-corrected chi connectivity index (χ3v) is 2.56. The average Bonchev–Trinajstić information content (AvgIpc) is 2.69. The van der Waals surface area contributed by atoms with Gasteiger partial charge in [-0.1, -0.05) is 35.0 Å². The largest absolute Gasteiger partial charge is 0.478 e. The zero-order chi connectivity index (χ0) is 11.5. The van der Waals surface area contributed by atoms with Crippen LogP contribution in [-0.2, 0) is 6.42 Å². The van der Waals surface area contributed by atoms with Gasteiger partial charge in [0.05, 0.1) is 0 Å². The molecule has 0 amide bonds. The summed E-state index contributed by atoms with van der Waals surface area (Å²) in [6, 6.07) is 7.22. The number of carboxylic acids is 1. The van der Waals surface area contributed by atoms with E-state index in [-0.39, 0.29) is 5.56 Å². The summed E-state index contributed by atoms with van der Waals surface area (Å²) < 4.78 is 4.65. The Kier molecular flexibility index (Phi) is 2.92. The topological polar surface area (TPSA) is 63.3 Å². The van der Waals surface area contributed by atoms with Crippen molar-refractivity contribution >= 4 is 17.6 Å². The zero-order valence-corrected chi connectivity index (χ0v) is 8.94. The van der Waals surface area contributed by atoms with Crippen molar-refractivity contribution in [1.82, 2.24) is 5.16 Å². The molecule has 0 saturated heterocycles. The van der Waals surface area contributed by atoms with Crippen molar-refractivity contribution in [2.24, 2.45) is 0 Å². The summed E-state index contributed by atoms with van der Waals surface area (Å²) in [6.45, 7) is 0. The molecule has 1 aromatic carbocycles. The Balaban J connectivity index is 2.31. The van der Waals surface area contributed by atoms with Crippen LogP contribution in [0.2, 0.25) is 5.02 Å². The molecule has 2 aromatic rings. The zero-order valence-electron chi connectivity index (χ0n) is 8.18. The van der Waals surface area contributed by atoms with E-state index >= 15 is 0 Å². The number of rotatable bonds is 3. The van der Waals surface area contributed by atoms with Gasteiger partial charge >= 0.3 is 5.97 Å². The average molecular weight is 238 g/mol. The number of benzene rings is 1. The predicted octanol–water partition coefficient (Wildman–Crippen LogP) is 2.62. The molecular formula is C11H8ClNO3. The number of nitrogens with zero attached hydrogens (tertiary/aromatic N) is 1. The number of aromatic carboxylic acids is 1. The van der Waals surface area contributed by atoms with Crippen LogP contribution in [0.15, 0.2) is 35.1 Å². The summed E-state index contributed by atoms with van der Waals surface area (Å²) in [5, 5.41) is 13.1. The van der Waals surface area contributed by atoms with E-state index in [0.29, 0.717) is 17.1 Å². The molecule has 1 heterocycles. The Morgan fingerprint density at radius 1 is 1.44 bits per heavy atom. The van der Waals surface area contributed by atoms with Gasteiger partial charge < -0.3 is 9.63 Å². The van der Waals surface area contributed by atoms with E-state index in [1.807, 2.05) is 18.2 Å². The first kappa shape index (κ1) is 10.7. The van der Waals surface area contributed by atoms with Crippen molar-refractivity contribution in [3.8, 4) is 0 Å². The Labute approximate surface area is 96.4 Å². The van der Waals surface area contributed by atoms with Gasteiger partial charge in [0, 0.05) is 11.4 Å². The second kappa shape index (κ2) is 4.37. The highest BCUT2D eigenvalue weighted by Crippen LogP contribution is 2.20. The minimum Gasteiger partial charge on any atom is -0.478 e. The lowest BCUT2D eigenvalue weighted by atomic mass is 10.1. The lowest BCUT2D eigenvalue weighted by molar-refractivity contribution is 0.0695. The molecule has 1 aromatic heterocycles.